The predicted octanol–water partition coefficient (Wildman–Crippen LogP) is 3.86. The molecule has 0 aliphatic rings. The largest absolute Gasteiger partial charge is 0.496 e. The number of anilines is 1. The van der Waals surface area contributed by atoms with Crippen LogP contribution >= 0.6 is 11.3 Å². The first-order chi connectivity index (χ1) is 12.7. The number of carbonyl (C=O) groups excluding carboxylic acids is 1. The number of methoxy groups -OCH3 is 1. The lowest BCUT2D eigenvalue weighted by atomic mass is 10.1. The van der Waals surface area contributed by atoms with E-state index in [0.29, 0.717) is 10.7 Å². The number of amides is 1. The molecule has 2 aromatic carbocycles. The first-order valence-electron chi connectivity index (χ1n) is 7.71. The Labute approximate surface area is 151 Å². The van der Waals surface area contributed by atoms with E-state index in [4.69, 9.17) is 4.74 Å². The van der Waals surface area contributed by atoms with Gasteiger partial charge in [-0.15, -0.1) is 16.4 Å². The summed E-state index contributed by atoms with van der Waals surface area (Å²) in [5, 5.41) is 8.77. The van der Waals surface area contributed by atoms with Gasteiger partial charge in [-0.2, -0.15) is 4.98 Å². The average molecular weight is 368 g/mol. The summed E-state index contributed by atoms with van der Waals surface area (Å²) in [5.41, 5.74) is 1.59. The molecular weight excluding hydrogens is 355 g/mol. The highest BCUT2D eigenvalue weighted by Gasteiger charge is 2.17. The van der Waals surface area contributed by atoms with Crippen molar-refractivity contribution in [2.45, 2.75) is 0 Å². The second-order valence-electron chi connectivity index (χ2n) is 5.38. The highest BCUT2D eigenvalue weighted by molar-refractivity contribution is 7.15. The highest BCUT2D eigenvalue weighted by atomic mass is 32.1. The fourth-order valence-electron chi connectivity index (χ4n) is 2.59. The number of nitrogens with zero attached hydrogens (tertiary/aromatic N) is 3. The number of hydrogen-bond donors (Lipinski definition) is 1. The minimum Gasteiger partial charge on any atom is -0.496 e. The Morgan fingerprint density at radius 3 is 2.77 bits per heavy atom. The second-order valence-corrected chi connectivity index (χ2v) is 6.22. The summed E-state index contributed by atoms with van der Waals surface area (Å²) in [5.74, 6) is -0.373. The maximum atomic E-state index is 13.7. The maximum absolute atomic E-state index is 13.7. The molecule has 4 rings (SSSR count). The number of benzene rings is 2. The van der Waals surface area contributed by atoms with Crippen LogP contribution in [0.3, 0.4) is 0 Å². The Morgan fingerprint density at radius 1 is 1.19 bits per heavy atom. The van der Waals surface area contributed by atoms with Gasteiger partial charge < -0.3 is 4.74 Å². The zero-order valence-electron chi connectivity index (χ0n) is 13.6. The third-order valence-electron chi connectivity index (χ3n) is 3.81. The number of thiazole rings is 1. The molecule has 0 bridgehead atoms. The molecule has 8 heteroatoms. The summed E-state index contributed by atoms with van der Waals surface area (Å²) in [4.78, 5) is 17.1. The number of carbonyl (C=O) groups is 1. The number of ether oxygens (including phenoxy) is 1. The zero-order chi connectivity index (χ0) is 18.1. The molecule has 4 aromatic rings. The first kappa shape index (κ1) is 16.2. The Balaban J connectivity index is 1.68. The van der Waals surface area contributed by atoms with Crippen molar-refractivity contribution in [2.75, 3.05) is 12.4 Å². The Bertz CT molecular complexity index is 1110. The molecule has 26 heavy (non-hydrogen) atoms. The summed E-state index contributed by atoms with van der Waals surface area (Å²) in [6.07, 6.45) is 0. The number of halogens is 1. The van der Waals surface area contributed by atoms with Crippen LogP contribution in [0.1, 0.15) is 10.4 Å². The number of para-hydroxylation sites is 1. The number of aromatic nitrogens is 3. The smallest absolute Gasteiger partial charge is 0.261 e. The van der Waals surface area contributed by atoms with E-state index < -0.39 is 11.7 Å². The lowest BCUT2D eigenvalue weighted by molar-refractivity contribution is 0.102. The first-order valence-corrected chi connectivity index (χ1v) is 8.59. The number of nitrogens with one attached hydrogen (secondary N) is 1. The molecule has 130 valence electrons. The summed E-state index contributed by atoms with van der Waals surface area (Å²) in [6.45, 7) is 0. The molecule has 0 fully saturated rings. The maximum Gasteiger partial charge on any atom is 0.261 e. The van der Waals surface area contributed by atoms with Gasteiger partial charge in [0.2, 0.25) is 4.96 Å². The van der Waals surface area contributed by atoms with Gasteiger partial charge in [-0.1, -0.05) is 24.3 Å². The van der Waals surface area contributed by atoms with Crippen LogP contribution in [-0.4, -0.2) is 27.6 Å². The molecular formula is C18H13FN4O2S. The molecule has 1 amide bonds. The third kappa shape index (κ3) is 2.80. The SMILES string of the molecule is COc1ccccc1-c1csc2nc(NC(=O)c3ccccc3F)nn12. The lowest BCUT2D eigenvalue weighted by Gasteiger charge is -2.06. The van der Waals surface area contributed by atoms with Gasteiger partial charge in [0.1, 0.15) is 11.6 Å². The lowest BCUT2D eigenvalue weighted by Crippen LogP contribution is -2.14. The van der Waals surface area contributed by atoms with Gasteiger partial charge in [-0.05, 0) is 24.3 Å². The van der Waals surface area contributed by atoms with Gasteiger partial charge in [0, 0.05) is 10.9 Å². The zero-order valence-corrected chi connectivity index (χ0v) is 14.5. The van der Waals surface area contributed by atoms with Crippen molar-refractivity contribution >= 4 is 28.2 Å². The Hall–Kier alpha value is -3.26. The summed E-state index contributed by atoms with van der Waals surface area (Å²) in [7, 11) is 1.60. The van der Waals surface area contributed by atoms with E-state index in [1.165, 1.54) is 29.5 Å². The van der Waals surface area contributed by atoms with Crippen molar-refractivity contribution in [2.24, 2.45) is 0 Å². The molecule has 1 N–H and O–H groups in total. The molecule has 0 aliphatic heterocycles. The number of rotatable bonds is 4. The summed E-state index contributed by atoms with van der Waals surface area (Å²) in [6, 6.07) is 13.3. The van der Waals surface area contributed by atoms with Crippen LogP contribution in [0.25, 0.3) is 16.2 Å². The molecule has 0 spiro atoms. The molecule has 2 aromatic heterocycles. The minimum atomic E-state index is -0.597. The molecule has 6 nitrogen and oxygen atoms in total. The van der Waals surface area contributed by atoms with Crippen molar-refractivity contribution in [3.8, 4) is 17.0 Å². The predicted molar refractivity (Wildman–Crippen MR) is 97.2 cm³/mol. The van der Waals surface area contributed by atoms with Gasteiger partial charge in [0.15, 0.2) is 0 Å². The fourth-order valence-corrected chi connectivity index (χ4v) is 3.41. The van der Waals surface area contributed by atoms with Crippen LogP contribution in [0, 0.1) is 5.82 Å². The molecule has 0 unspecified atom stereocenters. The van der Waals surface area contributed by atoms with Crippen LogP contribution in [0.5, 0.6) is 5.75 Å². The third-order valence-corrected chi connectivity index (χ3v) is 4.62. The Morgan fingerprint density at radius 2 is 1.96 bits per heavy atom. The van der Waals surface area contributed by atoms with E-state index in [0.717, 1.165) is 11.3 Å². The van der Waals surface area contributed by atoms with E-state index in [2.05, 4.69) is 15.4 Å². The molecule has 0 atom stereocenters. The van der Waals surface area contributed by atoms with Crippen LogP contribution in [0.2, 0.25) is 0 Å². The normalized spacial score (nSPS) is 10.8. The molecule has 0 saturated carbocycles. The molecule has 2 heterocycles. The van der Waals surface area contributed by atoms with Crippen LogP contribution in [-0.2, 0) is 0 Å². The van der Waals surface area contributed by atoms with E-state index in [1.807, 2.05) is 29.6 Å². The highest BCUT2D eigenvalue weighted by Crippen LogP contribution is 2.32. The van der Waals surface area contributed by atoms with Crippen molar-refractivity contribution in [3.05, 3.63) is 65.3 Å². The van der Waals surface area contributed by atoms with Crippen LogP contribution in [0.15, 0.2) is 53.9 Å². The molecule has 0 saturated heterocycles. The monoisotopic (exact) mass is 368 g/mol. The van der Waals surface area contributed by atoms with Crippen molar-refractivity contribution in [1.82, 2.24) is 14.6 Å². The summed E-state index contributed by atoms with van der Waals surface area (Å²) < 4.78 is 20.8. The van der Waals surface area contributed by atoms with Gasteiger partial charge in [0.25, 0.3) is 11.9 Å². The van der Waals surface area contributed by atoms with E-state index >= 15 is 0 Å². The minimum absolute atomic E-state index is 0.0596. The van der Waals surface area contributed by atoms with E-state index in [1.54, 1.807) is 17.7 Å². The summed E-state index contributed by atoms with van der Waals surface area (Å²) >= 11 is 1.38. The van der Waals surface area contributed by atoms with E-state index in [9.17, 15) is 9.18 Å². The second kappa shape index (κ2) is 6.57. The topological polar surface area (TPSA) is 68.5 Å². The van der Waals surface area contributed by atoms with Crippen LogP contribution in [0.4, 0.5) is 10.3 Å². The Kier molecular flexibility index (Phi) is 4.10. The van der Waals surface area contributed by atoms with Crippen molar-refractivity contribution < 1.29 is 13.9 Å². The fraction of sp³-hybridized carbons (Fsp3) is 0.0556. The van der Waals surface area contributed by atoms with Gasteiger partial charge in [0.05, 0.1) is 18.4 Å². The number of hydrogen-bond acceptors (Lipinski definition) is 5. The molecule has 0 aliphatic carbocycles. The quantitative estimate of drug-likeness (QED) is 0.594. The van der Waals surface area contributed by atoms with E-state index in [-0.39, 0.29) is 11.5 Å². The van der Waals surface area contributed by atoms with Gasteiger partial charge in [-0.25, -0.2) is 8.91 Å². The van der Waals surface area contributed by atoms with Gasteiger partial charge >= 0.3 is 0 Å². The van der Waals surface area contributed by atoms with Crippen LogP contribution < -0.4 is 10.1 Å². The average Bonchev–Trinajstić information content (AvgIpc) is 3.22. The molecule has 0 radical (unpaired) electrons. The number of fused-ring (bicyclic) bond motifs is 1. The standard InChI is InChI=1S/C18H13FN4O2S/c1-25-15-9-5-3-7-12(15)14-10-26-18-21-17(22-23(14)18)20-16(24)11-6-2-4-8-13(11)19/h2-10H,1H3,(H,20,22,24). The van der Waals surface area contributed by atoms with Crippen molar-refractivity contribution in [1.29, 1.82) is 0 Å². The van der Waals surface area contributed by atoms with Crippen molar-refractivity contribution in [3.63, 3.8) is 0 Å². The van der Waals surface area contributed by atoms with Gasteiger partial charge in [-0.3, -0.25) is 10.1 Å².